The number of rotatable bonds is 3. The first-order valence-electron chi connectivity index (χ1n) is 5.68. The summed E-state index contributed by atoms with van der Waals surface area (Å²) in [6.07, 6.45) is 4.23. The topological polar surface area (TPSA) is 34.1 Å². The summed E-state index contributed by atoms with van der Waals surface area (Å²) in [5, 5.41) is 4.11. The largest absolute Gasteiger partial charge is 0.490 e. The first-order chi connectivity index (χ1) is 7.66. The van der Waals surface area contributed by atoms with Crippen LogP contribution in [0.15, 0.2) is 18.3 Å². The highest BCUT2D eigenvalue weighted by atomic mass is 35.5. The Bertz CT molecular complexity index is 395. The zero-order valence-corrected chi connectivity index (χ0v) is 10.00. The molecule has 0 radical (unpaired) electrons. The number of nitrogens with zero attached hydrogens (tertiary/aromatic N) is 1. The second-order valence-corrected chi connectivity index (χ2v) is 5.41. The predicted molar refractivity (Wildman–Crippen MR) is 62.8 cm³/mol. The minimum Gasteiger partial charge on any atom is -0.490 e. The number of piperidine rings is 1. The van der Waals surface area contributed by atoms with E-state index in [0.29, 0.717) is 16.7 Å². The molecule has 1 aromatic rings. The molecule has 0 amide bonds. The fourth-order valence-electron chi connectivity index (χ4n) is 2.60. The molecule has 0 spiro atoms. The lowest BCUT2D eigenvalue weighted by atomic mass is 10.2. The van der Waals surface area contributed by atoms with Gasteiger partial charge in [-0.05, 0) is 37.8 Å². The number of hydrogen-bond acceptors (Lipinski definition) is 3. The van der Waals surface area contributed by atoms with Gasteiger partial charge in [0.1, 0.15) is 17.5 Å². The highest BCUT2D eigenvalue weighted by molar-refractivity contribution is 6.29. The standard InChI is InChI=1S/C12H15ClN2O/c1-12-5-8(12)4-9(15-12)7-16-10-2-3-11(13)14-6-10/h2-3,6,8-9,15H,4-5,7H2,1H3/t8-,9?,12+/m0/s1. The van der Waals surface area contributed by atoms with Crippen molar-refractivity contribution in [1.82, 2.24) is 10.3 Å². The second-order valence-electron chi connectivity index (χ2n) is 5.02. The Kier molecular flexibility index (Phi) is 2.33. The van der Waals surface area contributed by atoms with E-state index in [9.17, 15) is 0 Å². The molecule has 86 valence electrons. The van der Waals surface area contributed by atoms with Gasteiger partial charge >= 0.3 is 0 Å². The summed E-state index contributed by atoms with van der Waals surface area (Å²) in [6, 6.07) is 4.09. The number of nitrogens with one attached hydrogen (secondary N) is 1. The maximum atomic E-state index is 5.70. The minimum absolute atomic E-state index is 0.409. The van der Waals surface area contributed by atoms with Gasteiger partial charge in [0.15, 0.2) is 0 Å². The molecule has 1 saturated heterocycles. The van der Waals surface area contributed by atoms with Gasteiger partial charge in [0.25, 0.3) is 0 Å². The zero-order valence-electron chi connectivity index (χ0n) is 9.24. The molecule has 1 aliphatic heterocycles. The number of ether oxygens (including phenoxy) is 1. The Morgan fingerprint density at radius 1 is 1.62 bits per heavy atom. The molecule has 1 saturated carbocycles. The lowest BCUT2D eigenvalue weighted by Crippen LogP contribution is -2.36. The van der Waals surface area contributed by atoms with Gasteiger partial charge in [-0.2, -0.15) is 0 Å². The van der Waals surface area contributed by atoms with E-state index in [4.69, 9.17) is 16.3 Å². The molecule has 1 aliphatic carbocycles. The maximum Gasteiger partial charge on any atom is 0.137 e. The highest BCUT2D eigenvalue weighted by Gasteiger charge is 2.56. The number of pyridine rings is 1. The van der Waals surface area contributed by atoms with Gasteiger partial charge in [-0.15, -0.1) is 0 Å². The molecule has 0 aromatic carbocycles. The molecular formula is C12H15ClN2O. The molecule has 1 aromatic heterocycles. The maximum absolute atomic E-state index is 5.70. The molecule has 4 heteroatoms. The van der Waals surface area contributed by atoms with E-state index >= 15 is 0 Å². The van der Waals surface area contributed by atoms with Gasteiger partial charge in [-0.1, -0.05) is 11.6 Å². The van der Waals surface area contributed by atoms with E-state index in [1.165, 1.54) is 12.8 Å². The highest BCUT2D eigenvalue weighted by Crippen LogP contribution is 2.51. The molecule has 1 unspecified atom stereocenters. The van der Waals surface area contributed by atoms with Gasteiger partial charge in [-0.3, -0.25) is 0 Å². The van der Waals surface area contributed by atoms with Crippen LogP contribution in [-0.4, -0.2) is 23.2 Å². The van der Waals surface area contributed by atoms with Crippen molar-refractivity contribution in [3.05, 3.63) is 23.5 Å². The molecular weight excluding hydrogens is 224 g/mol. The zero-order chi connectivity index (χ0) is 11.2. The first-order valence-corrected chi connectivity index (χ1v) is 6.05. The third kappa shape index (κ3) is 1.89. The van der Waals surface area contributed by atoms with Crippen molar-refractivity contribution in [3.63, 3.8) is 0 Å². The quantitative estimate of drug-likeness (QED) is 0.821. The van der Waals surface area contributed by atoms with Crippen molar-refractivity contribution in [2.75, 3.05) is 6.61 Å². The van der Waals surface area contributed by atoms with Crippen LogP contribution in [0.4, 0.5) is 0 Å². The van der Waals surface area contributed by atoms with E-state index in [2.05, 4.69) is 17.2 Å². The van der Waals surface area contributed by atoms with Gasteiger partial charge in [0.05, 0.1) is 6.20 Å². The van der Waals surface area contributed by atoms with Crippen LogP contribution in [0.2, 0.25) is 5.15 Å². The normalized spacial score (nSPS) is 35.9. The molecule has 2 fully saturated rings. The van der Waals surface area contributed by atoms with Crippen LogP contribution in [0.1, 0.15) is 19.8 Å². The third-order valence-electron chi connectivity index (χ3n) is 3.67. The lowest BCUT2D eigenvalue weighted by Gasteiger charge is -2.16. The van der Waals surface area contributed by atoms with Crippen LogP contribution in [0.5, 0.6) is 5.75 Å². The molecule has 3 rings (SSSR count). The molecule has 3 nitrogen and oxygen atoms in total. The first kappa shape index (κ1) is 10.4. The Labute approximate surface area is 100 Å². The number of hydrogen-bond donors (Lipinski definition) is 1. The van der Waals surface area contributed by atoms with Crippen molar-refractivity contribution in [3.8, 4) is 5.75 Å². The van der Waals surface area contributed by atoms with Crippen LogP contribution < -0.4 is 10.1 Å². The Hall–Kier alpha value is -0.800. The molecule has 2 aliphatic rings. The van der Waals surface area contributed by atoms with Crippen LogP contribution in [0.3, 0.4) is 0 Å². The SMILES string of the molecule is C[C@@]12C[C@@H]1CC(COc1ccc(Cl)nc1)N2. The Morgan fingerprint density at radius 3 is 3.12 bits per heavy atom. The van der Waals surface area contributed by atoms with Crippen molar-refractivity contribution in [2.24, 2.45) is 5.92 Å². The van der Waals surface area contributed by atoms with Crippen molar-refractivity contribution in [1.29, 1.82) is 0 Å². The Balaban J connectivity index is 1.52. The molecule has 2 heterocycles. The average molecular weight is 239 g/mol. The fourth-order valence-corrected chi connectivity index (χ4v) is 2.71. The number of fused-ring (bicyclic) bond motifs is 1. The minimum atomic E-state index is 0.409. The smallest absolute Gasteiger partial charge is 0.137 e. The monoisotopic (exact) mass is 238 g/mol. The van der Waals surface area contributed by atoms with Crippen LogP contribution >= 0.6 is 11.6 Å². The summed E-state index contributed by atoms with van der Waals surface area (Å²) in [7, 11) is 0. The summed E-state index contributed by atoms with van der Waals surface area (Å²) in [6.45, 7) is 3.01. The van der Waals surface area contributed by atoms with Gasteiger partial charge in [-0.25, -0.2) is 4.98 Å². The summed E-state index contributed by atoms with van der Waals surface area (Å²) < 4.78 is 5.68. The van der Waals surface area contributed by atoms with E-state index in [0.717, 1.165) is 18.3 Å². The van der Waals surface area contributed by atoms with Gasteiger partial charge < -0.3 is 10.1 Å². The van der Waals surface area contributed by atoms with Crippen molar-refractivity contribution >= 4 is 11.6 Å². The fraction of sp³-hybridized carbons (Fsp3) is 0.583. The van der Waals surface area contributed by atoms with Gasteiger partial charge in [0.2, 0.25) is 0 Å². The molecule has 3 atom stereocenters. The molecule has 16 heavy (non-hydrogen) atoms. The van der Waals surface area contributed by atoms with Crippen molar-refractivity contribution in [2.45, 2.75) is 31.3 Å². The number of halogens is 1. The summed E-state index contributed by atoms with van der Waals surface area (Å²) in [5.41, 5.74) is 0.409. The van der Waals surface area contributed by atoms with Crippen LogP contribution in [0.25, 0.3) is 0 Å². The molecule has 0 bridgehead atoms. The third-order valence-corrected chi connectivity index (χ3v) is 3.89. The van der Waals surface area contributed by atoms with E-state index in [-0.39, 0.29) is 0 Å². The van der Waals surface area contributed by atoms with Gasteiger partial charge in [0, 0.05) is 11.6 Å². The summed E-state index contributed by atoms with van der Waals surface area (Å²) in [5.74, 6) is 1.65. The van der Waals surface area contributed by atoms with Crippen molar-refractivity contribution < 1.29 is 4.74 Å². The van der Waals surface area contributed by atoms with E-state index in [1.54, 1.807) is 12.3 Å². The molecule has 1 N–H and O–H groups in total. The van der Waals surface area contributed by atoms with E-state index in [1.807, 2.05) is 6.07 Å². The lowest BCUT2D eigenvalue weighted by molar-refractivity contribution is 0.261. The van der Waals surface area contributed by atoms with Crippen LogP contribution in [0, 0.1) is 5.92 Å². The average Bonchev–Trinajstić information content (AvgIpc) is 2.77. The number of aromatic nitrogens is 1. The summed E-state index contributed by atoms with van der Waals surface area (Å²) in [4.78, 5) is 3.98. The summed E-state index contributed by atoms with van der Waals surface area (Å²) >= 11 is 5.70. The second kappa shape index (κ2) is 3.60. The Morgan fingerprint density at radius 2 is 2.50 bits per heavy atom. The van der Waals surface area contributed by atoms with Crippen LogP contribution in [-0.2, 0) is 0 Å². The predicted octanol–water partition coefficient (Wildman–Crippen LogP) is 2.25. The van der Waals surface area contributed by atoms with E-state index < -0.39 is 0 Å².